The molecule has 1 unspecified atom stereocenters. The van der Waals surface area contributed by atoms with E-state index in [-0.39, 0.29) is 17.6 Å². The van der Waals surface area contributed by atoms with Crippen LogP contribution in [0.25, 0.3) is 0 Å². The molecule has 5 heteroatoms. The molecule has 2 heterocycles. The number of hydrogen-bond donors (Lipinski definition) is 2. The fourth-order valence-corrected chi connectivity index (χ4v) is 4.21. The second kappa shape index (κ2) is 7.34. The summed E-state index contributed by atoms with van der Waals surface area (Å²) in [6.45, 7) is 1.89. The van der Waals surface area contributed by atoms with Crippen LogP contribution in [0.1, 0.15) is 52.7 Å². The Balaban J connectivity index is 1.58. The molecule has 1 aliphatic carbocycles. The first-order valence-corrected chi connectivity index (χ1v) is 10.2. The number of anilines is 2. The van der Waals surface area contributed by atoms with E-state index in [9.17, 15) is 9.59 Å². The fourth-order valence-electron chi connectivity index (χ4n) is 4.21. The Morgan fingerprint density at radius 3 is 2.57 bits per heavy atom. The van der Waals surface area contributed by atoms with Gasteiger partial charge in [0.15, 0.2) is 11.6 Å². The van der Waals surface area contributed by atoms with Gasteiger partial charge in [0.25, 0.3) is 0 Å². The molecule has 0 saturated carbocycles. The molecule has 1 atom stereocenters. The summed E-state index contributed by atoms with van der Waals surface area (Å²) >= 11 is 0. The van der Waals surface area contributed by atoms with E-state index in [1.54, 1.807) is 0 Å². The minimum absolute atomic E-state index is 0.0309. The van der Waals surface area contributed by atoms with Gasteiger partial charge in [0, 0.05) is 28.8 Å². The number of aryl methyl sites for hydroxylation is 1. The van der Waals surface area contributed by atoms with Gasteiger partial charge in [-0.3, -0.25) is 9.59 Å². The van der Waals surface area contributed by atoms with Gasteiger partial charge in [-0.25, -0.2) is 0 Å². The van der Waals surface area contributed by atoms with Crippen LogP contribution in [0.3, 0.4) is 0 Å². The topological polar surface area (TPSA) is 71.3 Å². The monoisotopic (exact) mass is 398 g/mol. The molecule has 30 heavy (non-hydrogen) atoms. The SMILES string of the molecule is Cc1ccc(C2Nc3ccc(C(=O)c4ccccc4)cc3NC3=C2C(=O)CCC3)o1. The lowest BCUT2D eigenvalue weighted by Gasteiger charge is -2.23. The number of rotatable bonds is 3. The van der Waals surface area contributed by atoms with Crippen molar-refractivity contribution in [2.24, 2.45) is 0 Å². The lowest BCUT2D eigenvalue weighted by Crippen LogP contribution is -2.23. The van der Waals surface area contributed by atoms with Crippen molar-refractivity contribution in [3.63, 3.8) is 0 Å². The number of nitrogens with one attached hydrogen (secondary N) is 2. The molecule has 5 nitrogen and oxygen atoms in total. The highest BCUT2D eigenvalue weighted by Crippen LogP contribution is 2.41. The number of carbonyl (C=O) groups excluding carboxylic acids is 2. The summed E-state index contributed by atoms with van der Waals surface area (Å²) in [5, 5.41) is 6.93. The number of furan rings is 1. The normalized spacial score (nSPS) is 18.0. The highest BCUT2D eigenvalue weighted by molar-refractivity contribution is 6.10. The zero-order valence-corrected chi connectivity index (χ0v) is 16.7. The van der Waals surface area contributed by atoms with Gasteiger partial charge >= 0.3 is 0 Å². The number of ketones is 2. The Labute approximate surface area is 174 Å². The summed E-state index contributed by atoms with van der Waals surface area (Å²) in [7, 11) is 0. The van der Waals surface area contributed by atoms with Crippen molar-refractivity contribution in [3.8, 4) is 0 Å². The van der Waals surface area contributed by atoms with Crippen molar-refractivity contribution in [3.05, 3.63) is 94.6 Å². The van der Waals surface area contributed by atoms with Gasteiger partial charge in [-0.05, 0) is 50.1 Å². The van der Waals surface area contributed by atoms with Gasteiger partial charge in [0.1, 0.15) is 17.6 Å². The molecular formula is C25H22N2O3. The van der Waals surface area contributed by atoms with Gasteiger partial charge in [0.05, 0.1) is 11.4 Å². The maximum atomic E-state index is 12.9. The first-order chi connectivity index (χ1) is 14.6. The number of fused-ring (bicyclic) bond motifs is 1. The van der Waals surface area contributed by atoms with E-state index in [1.165, 1.54) is 0 Å². The molecule has 0 amide bonds. The molecule has 1 aliphatic heterocycles. The Hall–Kier alpha value is -3.60. The lowest BCUT2D eigenvalue weighted by atomic mass is 9.89. The van der Waals surface area contributed by atoms with Crippen LogP contribution in [0.5, 0.6) is 0 Å². The van der Waals surface area contributed by atoms with Crippen LogP contribution in [0.4, 0.5) is 11.4 Å². The Morgan fingerprint density at radius 2 is 1.80 bits per heavy atom. The average Bonchev–Trinajstić information content (AvgIpc) is 3.11. The van der Waals surface area contributed by atoms with Crippen LogP contribution in [0.2, 0.25) is 0 Å². The zero-order valence-electron chi connectivity index (χ0n) is 16.7. The minimum atomic E-state index is -0.356. The highest BCUT2D eigenvalue weighted by Gasteiger charge is 2.33. The Kier molecular flexibility index (Phi) is 4.51. The van der Waals surface area contributed by atoms with E-state index in [0.29, 0.717) is 23.3 Å². The number of benzene rings is 2. The number of Topliss-reactive ketones (excluding diaryl/α,β-unsaturated/α-hetero) is 1. The van der Waals surface area contributed by atoms with E-state index >= 15 is 0 Å². The predicted octanol–water partition coefficient (Wildman–Crippen LogP) is 5.40. The third kappa shape index (κ3) is 3.22. The summed E-state index contributed by atoms with van der Waals surface area (Å²) in [4.78, 5) is 25.8. The largest absolute Gasteiger partial charge is 0.464 e. The van der Waals surface area contributed by atoms with E-state index in [2.05, 4.69) is 10.6 Å². The molecule has 0 bridgehead atoms. The van der Waals surface area contributed by atoms with Crippen LogP contribution in [-0.4, -0.2) is 11.6 Å². The number of hydrogen-bond acceptors (Lipinski definition) is 5. The van der Waals surface area contributed by atoms with Crippen LogP contribution >= 0.6 is 0 Å². The van der Waals surface area contributed by atoms with Crippen LogP contribution in [0.15, 0.2) is 76.4 Å². The highest BCUT2D eigenvalue weighted by atomic mass is 16.3. The van der Waals surface area contributed by atoms with Crippen molar-refractivity contribution >= 4 is 22.9 Å². The molecule has 3 aromatic rings. The van der Waals surface area contributed by atoms with Crippen LogP contribution < -0.4 is 10.6 Å². The van der Waals surface area contributed by atoms with Gasteiger partial charge in [0.2, 0.25) is 0 Å². The summed E-state index contributed by atoms with van der Waals surface area (Å²) in [6.07, 6.45) is 2.13. The molecule has 2 aliphatic rings. The van der Waals surface area contributed by atoms with Crippen molar-refractivity contribution in [1.29, 1.82) is 0 Å². The maximum absolute atomic E-state index is 12.9. The second-order valence-corrected chi connectivity index (χ2v) is 7.78. The molecule has 0 radical (unpaired) electrons. The predicted molar refractivity (Wildman–Crippen MR) is 116 cm³/mol. The third-order valence-corrected chi connectivity index (χ3v) is 5.69. The van der Waals surface area contributed by atoms with Crippen molar-refractivity contribution in [1.82, 2.24) is 0 Å². The average molecular weight is 398 g/mol. The summed E-state index contributed by atoms with van der Waals surface area (Å²) in [6, 6.07) is 18.3. The standard InChI is InChI=1S/C25H22N2O3/c1-15-10-13-22(30-15)24-23-19(8-5-9-21(23)28)26-20-14-17(11-12-18(20)27-24)25(29)16-6-3-2-4-7-16/h2-4,6-7,10-14,24,26-27H,5,8-9H2,1H3. The Morgan fingerprint density at radius 1 is 0.967 bits per heavy atom. The van der Waals surface area contributed by atoms with Gasteiger partial charge < -0.3 is 15.1 Å². The molecule has 1 aromatic heterocycles. The maximum Gasteiger partial charge on any atom is 0.193 e. The Bertz CT molecular complexity index is 1170. The summed E-state index contributed by atoms with van der Waals surface area (Å²) in [5.41, 5.74) is 4.51. The quantitative estimate of drug-likeness (QED) is 0.578. The van der Waals surface area contributed by atoms with Gasteiger partial charge in [-0.1, -0.05) is 30.3 Å². The molecule has 2 N–H and O–H groups in total. The number of allylic oxidation sites excluding steroid dienone is 1. The molecule has 0 fully saturated rings. The zero-order chi connectivity index (χ0) is 20.7. The van der Waals surface area contributed by atoms with E-state index < -0.39 is 0 Å². The lowest BCUT2D eigenvalue weighted by molar-refractivity contribution is -0.116. The van der Waals surface area contributed by atoms with E-state index in [0.717, 1.165) is 41.2 Å². The smallest absolute Gasteiger partial charge is 0.193 e. The van der Waals surface area contributed by atoms with Gasteiger partial charge in [-0.2, -0.15) is 0 Å². The van der Waals surface area contributed by atoms with E-state index in [1.807, 2.05) is 67.6 Å². The molecule has 0 spiro atoms. The summed E-state index contributed by atoms with van der Waals surface area (Å²) < 4.78 is 5.88. The molecule has 0 saturated heterocycles. The van der Waals surface area contributed by atoms with Crippen LogP contribution in [-0.2, 0) is 4.79 Å². The molecule has 5 rings (SSSR count). The third-order valence-electron chi connectivity index (χ3n) is 5.69. The number of carbonyl (C=O) groups is 2. The molecular weight excluding hydrogens is 376 g/mol. The molecule has 150 valence electrons. The fraction of sp³-hybridized carbons (Fsp3) is 0.200. The van der Waals surface area contributed by atoms with Crippen molar-refractivity contribution in [2.45, 2.75) is 32.2 Å². The van der Waals surface area contributed by atoms with E-state index in [4.69, 9.17) is 4.42 Å². The van der Waals surface area contributed by atoms with Crippen LogP contribution in [0, 0.1) is 6.92 Å². The molecule has 2 aromatic carbocycles. The van der Waals surface area contributed by atoms with Crippen molar-refractivity contribution in [2.75, 3.05) is 10.6 Å². The first-order valence-electron chi connectivity index (χ1n) is 10.2. The minimum Gasteiger partial charge on any atom is -0.464 e. The second-order valence-electron chi connectivity index (χ2n) is 7.78. The first kappa shape index (κ1) is 18.4. The van der Waals surface area contributed by atoms with Gasteiger partial charge in [-0.15, -0.1) is 0 Å². The van der Waals surface area contributed by atoms with Crippen molar-refractivity contribution < 1.29 is 14.0 Å². The summed E-state index contributed by atoms with van der Waals surface area (Å²) in [5.74, 6) is 1.62.